The Labute approximate surface area is 170 Å². The number of benzene rings is 1. The molecule has 4 rings (SSSR count). The molecule has 1 aliphatic rings. The molecule has 1 aromatic carbocycles. The summed E-state index contributed by atoms with van der Waals surface area (Å²) in [4.78, 5) is 15.0. The van der Waals surface area contributed by atoms with Gasteiger partial charge in [-0.2, -0.15) is 5.10 Å². The number of aromatic nitrogens is 3. The van der Waals surface area contributed by atoms with Crippen LogP contribution in [0, 0.1) is 0 Å². The molecule has 7 nitrogen and oxygen atoms in total. The predicted molar refractivity (Wildman–Crippen MR) is 110 cm³/mol. The summed E-state index contributed by atoms with van der Waals surface area (Å²) in [6, 6.07) is 9.23. The molecule has 0 saturated heterocycles. The molecular formula is C22H26N4O3. The molecule has 0 spiro atoms. The lowest BCUT2D eigenvalue weighted by molar-refractivity contribution is 0.0748. The second-order valence-electron chi connectivity index (χ2n) is 8.15. The zero-order valence-corrected chi connectivity index (χ0v) is 17.5. The van der Waals surface area contributed by atoms with Gasteiger partial charge in [-0.25, -0.2) is 4.68 Å². The van der Waals surface area contributed by atoms with Gasteiger partial charge >= 0.3 is 0 Å². The Balaban J connectivity index is 1.67. The van der Waals surface area contributed by atoms with Gasteiger partial charge in [0.25, 0.3) is 5.91 Å². The van der Waals surface area contributed by atoms with Crippen molar-refractivity contribution in [2.45, 2.75) is 39.4 Å². The molecule has 152 valence electrons. The van der Waals surface area contributed by atoms with E-state index in [4.69, 9.17) is 14.6 Å². The highest BCUT2D eigenvalue weighted by Gasteiger charge is 2.34. The maximum atomic E-state index is 13.1. The zero-order valence-electron chi connectivity index (χ0n) is 17.5. The quantitative estimate of drug-likeness (QED) is 0.678. The first-order valence-electron chi connectivity index (χ1n) is 9.59. The summed E-state index contributed by atoms with van der Waals surface area (Å²) < 4.78 is 14.7. The summed E-state index contributed by atoms with van der Waals surface area (Å²) in [5.74, 6) is 2.11. The molecule has 29 heavy (non-hydrogen) atoms. The Morgan fingerprint density at radius 2 is 1.72 bits per heavy atom. The van der Waals surface area contributed by atoms with E-state index >= 15 is 0 Å². The summed E-state index contributed by atoms with van der Waals surface area (Å²) in [6.45, 7) is 7.41. The number of hydrogen-bond acceptors (Lipinski definition) is 4. The fourth-order valence-corrected chi connectivity index (χ4v) is 3.71. The molecule has 0 bridgehead atoms. The Morgan fingerprint density at radius 3 is 2.34 bits per heavy atom. The average Bonchev–Trinajstić information content (AvgIpc) is 3.41. The maximum absolute atomic E-state index is 13.1. The topological polar surface area (TPSA) is 61.5 Å². The molecule has 0 atom stereocenters. The molecule has 0 N–H and O–H groups in total. The van der Waals surface area contributed by atoms with Crippen molar-refractivity contribution in [3.8, 4) is 17.3 Å². The normalized spacial score (nSPS) is 13.5. The standard InChI is InChI=1S/C22H26N4O3/c1-22(2,3)26-20(24-10-6-7-11-24)16-13-25(14-17(16)23-26)21(27)15-8-9-18(28-4)19(12-15)29-5/h6-12H,13-14H2,1-5H3. The number of carbonyl (C=O) groups is 1. The summed E-state index contributed by atoms with van der Waals surface area (Å²) >= 11 is 0. The number of nitrogens with zero attached hydrogens (tertiary/aromatic N) is 4. The van der Waals surface area contributed by atoms with Crippen LogP contribution in [0.25, 0.3) is 5.82 Å². The minimum absolute atomic E-state index is 0.0512. The van der Waals surface area contributed by atoms with Crippen LogP contribution in [0.2, 0.25) is 0 Å². The minimum Gasteiger partial charge on any atom is -0.493 e. The summed E-state index contributed by atoms with van der Waals surface area (Å²) in [7, 11) is 3.14. The van der Waals surface area contributed by atoms with Gasteiger partial charge in [0.1, 0.15) is 5.82 Å². The Morgan fingerprint density at radius 1 is 1.03 bits per heavy atom. The first-order chi connectivity index (χ1) is 13.8. The molecule has 2 aromatic heterocycles. The van der Waals surface area contributed by atoms with Gasteiger partial charge in [0.15, 0.2) is 11.5 Å². The number of rotatable bonds is 4. The van der Waals surface area contributed by atoms with E-state index in [1.165, 1.54) is 0 Å². The van der Waals surface area contributed by atoms with Gasteiger partial charge in [-0.3, -0.25) is 4.79 Å². The second-order valence-corrected chi connectivity index (χ2v) is 8.15. The summed E-state index contributed by atoms with van der Waals surface area (Å²) in [6.07, 6.45) is 4.02. The van der Waals surface area contributed by atoms with Crippen LogP contribution in [0.5, 0.6) is 11.5 Å². The molecule has 0 aliphatic carbocycles. The molecule has 0 fully saturated rings. The van der Waals surface area contributed by atoms with Gasteiger partial charge < -0.3 is 18.9 Å². The molecule has 0 radical (unpaired) electrons. The molecule has 0 saturated carbocycles. The van der Waals surface area contributed by atoms with E-state index in [0.29, 0.717) is 30.2 Å². The molecular weight excluding hydrogens is 368 g/mol. The maximum Gasteiger partial charge on any atom is 0.254 e. The van der Waals surface area contributed by atoms with E-state index in [0.717, 1.165) is 17.1 Å². The number of fused-ring (bicyclic) bond motifs is 1. The lowest BCUT2D eigenvalue weighted by atomic mass is 10.1. The van der Waals surface area contributed by atoms with E-state index in [2.05, 4.69) is 30.0 Å². The Bertz CT molecular complexity index is 1040. The number of hydrogen-bond donors (Lipinski definition) is 0. The van der Waals surface area contributed by atoms with E-state index in [9.17, 15) is 4.79 Å². The number of amides is 1. The average molecular weight is 394 g/mol. The van der Waals surface area contributed by atoms with Crippen LogP contribution in [0.15, 0.2) is 42.7 Å². The van der Waals surface area contributed by atoms with Crippen LogP contribution < -0.4 is 9.47 Å². The molecule has 1 aliphatic heterocycles. The minimum atomic E-state index is -0.165. The van der Waals surface area contributed by atoms with Gasteiger partial charge in [-0.05, 0) is 51.1 Å². The first-order valence-corrected chi connectivity index (χ1v) is 9.59. The first kappa shape index (κ1) is 19.1. The lowest BCUT2D eigenvalue weighted by Gasteiger charge is -2.24. The molecule has 7 heteroatoms. The highest BCUT2D eigenvalue weighted by molar-refractivity contribution is 5.95. The smallest absolute Gasteiger partial charge is 0.254 e. The van der Waals surface area contributed by atoms with Crippen LogP contribution in [0.4, 0.5) is 0 Å². The van der Waals surface area contributed by atoms with Gasteiger partial charge in [0.05, 0.1) is 38.5 Å². The Kier molecular flexibility index (Phi) is 4.61. The van der Waals surface area contributed by atoms with Crippen molar-refractivity contribution in [1.29, 1.82) is 0 Å². The van der Waals surface area contributed by atoms with Crippen molar-refractivity contribution in [2.75, 3.05) is 14.2 Å². The van der Waals surface area contributed by atoms with Crippen LogP contribution in [0.1, 0.15) is 42.4 Å². The third-order valence-electron chi connectivity index (χ3n) is 5.13. The molecule has 3 heterocycles. The molecule has 0 unspecified atom stereocenters. The third-order valence-corrected chi connectivity index (χ3v) is 5.13. The largest absolute Gasteiger partial charge is 0.493 e. The predicted octanol–water partition coefficient (Wildman–Crippen LogP) is 3.60. The second kappa shape index (κ2) is 6.99. The fourth-order valence-electron chi connectivity index (χ4n) is 3.71. The fraction of sp³-hybridized carbons (Fsp3) is 0.364. The van der Waals surface area contributed by atoms with Crippen molar-refractivity contribution < 1.29 is 14.3 Å². The number of methoxy groups -OCH3 is 2. The van der Waals surface area contributed by atoms with Crippen LogP contribution in [-0.2, 0) is 18.6 Å². The zero-order chi connectivity index (χ0) is 20.8. The van der Waals surface area contributed by atoms with Crippen LogP contribution >= 0.6 is 0 Å². The third kappa shape index (κ3) is 3.26. The molecule has 1 amide bonds. The van der Waals surface area contributed by atoms with E-state index < -0.39 is 0 Å². The summed E-state index contributed by atoms with van der Waals surface area (Å²) in [5.41, 5.74) is 2.43. The Hall–Kier alpha value is -3.22. The van der Waals surface area contributed by atoms with Crippen LogP contribution in [0.3, 0.4) is 0 Å². The van der Waals surface area contributed by atoms with Crippen molar-refractivity contribution in [3.63, 3.8) is 0 Å². The summed E-state index contributed by atoms with van der Waals surface area (Å²) in [5, 5.41) is 4.86. The van der Waals surface area contributed by atoms with Crippen molar-refractivity contribution >= 4 is 5.91 Å². The molecule has 3 aromatic rings. The van der Waals surface area contributed by atoms with Gasteiger partial charge in [-0.1, -0.05) is 0 Å². The number of ether oxygens (including phenoxy) is 2. The number of carbonyl (C=O) groups excluding carboxylic acids is 1. The monoisotopic (exact) mass is 394 g/mol. The van der Waals surface area contributed by atoms with Crippen LogP contribution in [-0.4, -0.2) is 39.4 Å². The highest BCUT2D eigenvalue weighted by atomic mass is 16.5. The highest BCUT2D eigenvalue weighted by Crippen LogP contribution is 2.34. The van der Waals surface area contributed by atoms with E-state index in [1.807, 2.05) is 29.4 Å². The lowest BCUT2D eigenvalue weighted by Crippen LogP contribution is -2.29. The van der Waals surface area contributed by atoms with E-state index in [1.54, 1.807) is 32.4 Å². The van der Waals surface area contributed by atoms with Gasteiger partial charge in [0, 0.05) is 23.5 Å². The van der Waals surface area contributed by atoms with Gasteiger partial charge in [-0.15, -0.1) is 0 Å². The van der Waals surface area contributed by atoms with Gasteiger partial charge in [0.2, 0.25) is 0 Å². The van der Waals surface area contributed by atoms with E-state index in [-0.39, 0.29) is 11.4 Å². The van der Waals surface area contributed by atoms with Crippen molar-refractivity contribution in [3.05, 3.63) is 59.5 Å². The van der Waals surface area contributed by atoms with Crippen molar-refractivity contribution in [2.24, 2.45) is 0 Å². The SMILES string of the molecule is COc1ccc(C(=O)N2Cc3nn(C(C)(C)C)c(-n4cccc4)c3C2)cc1OC. The van der Waals surface area contributed by atoms with Crippen molar-refractivity contribution in [1.82, 2.24) is 19.2 Å².